The molecule has 2 N–H and O–H groups in total. The van der Waals surface area contributed by atoms with E-state index in [2.05, 4.69) is 31.4 Å². The van der Waals surface area contributed by atoms with E-state index in [1.807, 2.05) is 6.92 Å². The Morgan fingerprint density at radius 2 is 2.07 bits per heavy atom. The van der Waals surface area contributed by atoms with E-state index in [4.69, 9.17) is 17.0 Å². The molecule has 0 aliphatic rings. The van der Waals surface area contributed by atoms with E-state index in [1.165, 1.54) is 0 Å². The fourth-order valence-corrected chi connectivity index (χ4v) is 1.42. The van der Waals surface area contributed by atoms with Crippen LogP contribution in [0.1, 0.15) is 34.1 Å². The summed E-state index contributed by atoms with van der Waals surface area (Å²) < 4.78 is 5.01. The largest absolute Gasteiger partial charge is 0.383 e. The average molecular weight is 218 g/mol. The molecule has 0 spiro atoms. The third-order valence-corrected chi connectivity index (χ3v) is 2.35. The van der Waals surface area contributed by atoms with Crippen LogP contribution in [0, 0.1) is 0 Å². The molecule has 0 heterocycles. The first-order valence-electron chi connectivity index (χ1n) is 4.99. The molecule has 1 unspecified atom stereocenters. The topological polar surface area (TPSA) is 33.3 Å². The van der Waals surface area contributed by atoms with E-state index in [0.29, 0.717) is 11.7 Å². The van der Waals surface area contributed by atoms with Gasteiger partial charge in [0.05, 0.1) is 6.61 Å². The van der Waals surface area contributed by atoms with Crippen molar-refractivity contribution in [3.63, 3.8) is 0 Å². The molecule has 0 bridgehead atoms. The number of nitrogens with one attached hydrogen (secondary N) is 2. The second-order valence-electron chi connectivity index (χ2n) is 4.19. The summed E-state index contributed by atoms with van der Waals surface area (Å²) >= 11 is 5.18. The molecule has 0 rings (SSSR count). The first kappa shape index (κ1) is 13.7. The number of thiocarbonyl (C=S) groups is 1. The third-order valence-electron chi connectivity index (χ3n) is 2.13. The Labute approximate surface area is 92.6 Å². The fraction of sp³-hybridized carbons (Fsp3) is 0.900. The van der Waals surface area contributed by atoms with Gasteiger partial charge in [-0.3, -0.25) is 0 Å². The maximum absolute atomic E-state index is 5.18. The molecule has 0 aliphatic heterocycles. The zero-order valence-corrected chi connectivity index (χ0v) is 10.6. The lowest BCUT2D eigenvalue weighted by Crippen LogP contribution is -2.50. The van der Waals surface area contributed by atoms with Crippen molar-refractivity contribution >= 4 is 17.3 Å². The van der Waals surface area contributed by atoms with Gasteiger partial charge in [0.25, 0.3) is 0 Å². The Bertz CT molecular complexity index is 183. The van der Waals surface area contributed by atoms with Gasteiger partial charge in [0.2, 0.25) is 0 Å². The molecule has 0 amide bonds. The molecular weight excluding hydrogens is 196 g/mol. The molecule has 0 fully saturated rings. The predicted octanol–water partition coefficient (Wildman–Crippen LogP) is 1.67. The van der Waals surface area contributed by atoms with Crippen LogP contribution < -0.4 is 10.6 Å². The van der Waals surface area contributed by atoms with Crippen molar-refractivity contribution in [1.82, 2.24) is 10.6 Å². The van der Waals surface area contributed by atoms with Crippen LogP contribution in [0.5, 0.6) is 0 Å². The van der Waals surface area contributed by atoms with Crippen LogP contribution >= 0.6 is 12.2 Å². The number of methoxy groups -OCH3 is 1. The molecule has 0 aromatic carbocycles. The van der Waals surface area contributed by atoms with Crippen molar-refractivity contribution in [1.29, 1.82) is 0 Å². The van der Waals surface area contributed by atoms with Crippen molar-refractivity contribution in [2.75, 3.05) is 13.7 Å². The monoisotopic (exact) mass is 218 g/mol. The van der Waals surface area contributed by atoms with Crippen LogP contribution in [-0.2, 0) is 4.74 Å². The van der Waals surface area contributed by atoms with Crippen LogP contribution in [0.15, 0.2) is 0 Å². The lowest BCUT2D eigenvalue weighted by molar-refractivity contribution is 0.179. The summed E-state index contributed by atoms with van der Waals surface area (Å²) in [5, 5.41) is 7.12. The van der Waals surface area contributed by atoms with Crippen molar-refractivity contribution in [2.24, 2.45) is 0 Å². The summed E-state index contributed by atoms with van der Waals surface area (Å²) in [7, 11) is 1.69. The smallest absolute Gasteiger partial charge is 0.166 e. The predicted molar refractivity (Wildman–Crippen MR) is 64.6 cm³/mol. The van der Waals surface area contributed by atoms with Crippen LogP contribution in [-0.4, -0.2) is 30.4 Å². The molecule has 4 heteroatoms. The number of hydrogen-bond donors (Lipinski definition) is 2. The minimum atomic E-state index is 0.0525. The minimum absolute atomic E-state index is 0.0525. The van der Waals surface area contributed by atoms with Gasteiger partial charge in [-0.05, 0) is 39.4 Å². The summed E-state index contributed by atoms with van der Waals surface area (Å²) in [5.41, 5.74) is 0.0525. The van der Waals surface area contributed by atoms with E-state index in [0.717, 1.165) is 6.42 Å². The number of hydrogen-bond acceptors (Lipinski definition) is 2. The van der Waals surface area contributed by atoms with Crippen LogP contribution in [0.2, 0.25) is 0 Å². The molecule has 0 aliphatic carbocycles. The minimum Gasteiger partial charge on any atom is -0.383 e. The SMILES string of the molecule is CCC(C)(C)NC(=S)NC(C)COC. The number of rotatable bonds is 5. The highest BCUT2D eigenvalue weighted by Crippen LogP contribution is 2.06. The van der Waals surface area contributed by atoms with Gasteiger partial charge in [0.1, 0.15) is 0 Å². The van der Waals surface area contributed by atoms with E-state index >= 15 is 0 Å². The summed E-state index contributed by atoms with van der Waals surface area (Å²) in [6, 6.07) is 0.243. The second kappa shape index (κ2) is 6.19. The zero-order valence-electron chi connectivity index (χ0n) is 9.81. The van der Waals surface area contributed by atoms with Crippen molar-refractivity contribution < 1.29 is 4.74 Å². The summed E-state index contributed by atoms with van der Waals surface area (Å²) in [6.07, 6.45) is 1.04. The fourth-order valence-electron chi connectivity index (χ4n) is 0.947. The highest BCUT2D eigenvalue weighted by atomic mass is 32.1. The van der Waals surface area contributed by atoms with Gasteiger partial charge in [0, 0.05) is 18.7 Å². The Morgan fingerprint density at radius 1 is 1.50 bits per heavy atom. The van der Waals surface area contributed by atoms with Crippen molar-refractivity contribution in [3.05, 3.63) is 0 Å². The van der Waals surface area contributed by atoms with Crippen LogP contribution in [0.25, 0.3) is 0 Å². The summed E-state index contributed by atoms with van der Waals surface area (Å²) in [5.74, 6) is 0. The molecule has 3 nitrogen and oxygen atoms in total. The van der Waals surface area contributed by atoms with Gasteiger partial charge in [-0.25, -0.2) is 0 Å². The van der Waals surface area contributed by atoms with Gasteiger partial charge in [-0.1, -0.05) is 6.92 Å². The molecule has 84 valence electrons. The van der Waals surface area contributed by atoms with Crippen molar-refractivity contribution in [3.8, 4) is 0 Å². The van der Waals surface area contributed by atoms with E-state index in [-0.39, 0.29) is 11.6 Å². The molecule has 1 atom stereocenters. The van der Waals surface area contributed by atoms with E-state index in [1.54, 1.807) is 7.11 Å². The summed E-state index contributed by atoms with van der Waals surface area (Å²) in [4.78, 5) is 0. The van der Waals surface area contributed by atoms with E-state index in [9.17, 15) is 0 Å². The molecule has 0 aromatic rings. The summed E-state index contributed by atoms with van der Waals surface area (Å²) in [6.45, 7) is 9.09. The van der Waals surface area contributed by atoms with Gasteiger partial charge in [-0.15, -0.1) is 0 Å². The quantitative estimate of drug-likeness (QED) is 0.688. The molecule has 0 saturated carbocycles. The first-order valence-corrected chi connectivity index (χ1v) is 5.39. The molecular formula is C10H22N2OS. The Balaban J connectivity index is 3.86. The average Bonchev–Trinajstić information content (AvgIpc) is 2.03. The van der Waals surface area contributed by atoms with E-state index < -0.39 is 0 Å². The van der Waals surface area contributed by atoms with Gasteiger partial charge in [-0.2, -0.15) is 0 Å². The standard InChI is InChI=1S/C10H22N2OS/c1-6-10(3,4)12-9(14)11-8(2)7-13-5/h8H,6-7H2,1-5H3,(H2,11,12,14). The normalized spacial score (nSPS) is 13.5. The molecule has 0 saturated heterocycles. The van der Waals surface area contributed by atoms with Crippen LogP contribution in [0.3, 0.4) is 0 Å². The molecule has 0 aromatic heterocycles. The van der Waals surface area contributed by atoms with Crippen LogP contribution in [0.4, 0.5) is 0 Å². The Hall–Kier alpha value is -0.350. The van der Waals surface area contributed by atoms with Gasteiger partial charge >= 0.3 is 0 Å². The Morgan fingerprint density at radius 3 is 2.50 bits per heavy atom. The zero-order chi connectivity index (χ0) is 11.2. The van der Waals surface area contributed by atoms with Gasteiger partial charge in [0.15, 0.2) is 5.11 Å². The Kier molecular flexibility index (Phi) is 6.04. The lowest BCUT2D eigenvalue weighted by atomic mass is 10.0. The highest BCUT2D eigenvalue weighted by Gasteiger charge is 2.16. The first-order chi connectivity index (χ1) is 6.41. The lowest BCUT2D eigenvalue weighted by Gasteiger charge is -2.27. The third kappa shape index (κ3) is 6.16. The highest BCUT2D eigenvalue weighted by molar-refractivity contribution is 7.80. The number of ether oxygens (including phenoxy) is 1. The second-order valence-corrected chi connectivity index (χ2v) is 4.60. The molecule has 0 radical (unpaired) electrons. The van der Waals surface area contributed by atoms with Gasteiger partial charge < -0.3 is 15.4 Å². The maximum Gasteiger partial charge on any atom is 0.166 e. The maximum atomic E-state index is 5.18. The van der Waals surface area contributed by atoms with Crippen molar-refractivity contribution in [2.45, 2.75) is 45.7 Å². The molecule has 14 heavy (non-hydrogen) atoms.